The topological polar surface area (TPSA) is 280 Å². The van der Waals surface area contributed by atoms with Crippen LogP contribution in [0.15, 0.2) is 138 Å². The van der Waals surface area contributed by atoms with Crippen LogP contribution in [0.1, 0.15) is 84.2 Å². The minimum absolute atomic E-state index is 0.0815. The number of hydrogen-bond acceptors (Lipinski definition) is 18. The fraction of sp³-hybridized carbons (Fsp3) is 0.250. The van der Waals surface area contributed by atoms with Gasteiger partial charge in [0.1, 0.15) is 102 Å². The number of fused-ring (bicyclic) bond motifs is 12. The average molecular weight is 1440 g/mol. The Morgan fingerprint density at radius 3 is 0.724 bits per heavy atom. The Morgan fingerprint density at radius 2 is 0.563 bits per heavy atom. The minimum Gasteiger partial charge on any atom is -0.744 e. The molecule has 21 nitrogen and oxygen atoms in total. The molecule has 0 amide bonds. The Balaban J connectivity index is 1.28. The summed E-state index contributed by atoms with van der Waals surface area (Å²) in [5, 5.41) is 0. The molecule has 9 aromatic rings. The highest BCUT2D eigenvalue weighted by molar-refractivity contribution is 9.11. The van der Waals surface area contributed by atoms with Gasteiger partial charge in [0.25, 0.3) is 0 Å². The number of rotatable bonds is 15. The molecule has 1 aliphatic carbocycles. The van der Waals surface area contributed by atoms with Crippen LogP contribution in [0, 0.1) is 0 Å². The van der Waals surface area contributed by atoms with Gasteiger partial charge in [-0.25, -0.2) is 40.2 Å². The molecule has 0 saturated carbocycles. The van der Waals surface area contributed by atoms with Crippen molar-refractivity contribution in [1.82, 2.24) is 28.7 Å². The molecule has 12 bridgehead atoms. The van der Waals surface area contributed by atoms with Crippen LogP contribution in [0.2, 0.25) is 0 Å². The normalized spacial score (nSPS) is 13.0. The third-order valence-corrected chi connectivity index (χ3v) is 18.6. The van der Waals surface area contributed by atoms with Crippen LogP contribution in [-0.4, -0.2) is 88.9 Å². The SMILES string of the molecule is COc1c2cc(S(=O)(=O)[O-])cc1Cc1cc(Br)cc(c1OCc1nccn1C)Cc1cc(S(=O)(=O)[O-])cc(c1OC)Cc1cc(Br)cc(c1OCc1nccn1C)Cc1cc(S(=O)(=O)[O-])cc(c1OC)Cc1cc(Br)cc(c1OCc1nccn1C)C2. The second-order valence-electron chi connectivity index (χ2n) is 20.6. The molecule has 456 valence electrons. The summed E-state index contributed by atoms with van der Waals surface area (Å²) in [4.78, 5) is 11.7. The summed E-state index contributed by atoms with van der Waals surface area (Å²) in [5.41, 5.74) is 4.21. The highest BCUT2D eigenvalue weighted by Crippen LogP contribution is 2.44. The van der Waals surface area contributed by atoms with Gasteiger partial charge in [0, 0.05) is 177 Å². The quantitative estimate of drug-likeness (QED) is 0.0863. The zero-order valence-electron chi connectivity index (χ0n) is 47.4. The molecule has 0 fully saturated rings. The number of aromatic nitrogens is 6. The van der Waals surface area contributed by atoms with Gasteiger partial charge in [0.15, 0.2) is 0 Å². The number of imidazole rings is 3. The molecular weight excluding hydrogens is 1380 g/mol. The molecule has 0 saturated heterocycles. The van der Waals surface area contributed by atoms with Crippen LogP contribution in [0.3, 0.4) is 0 Å². The van der Waals surface area contributed by atoms with Crippen molar-refractivity contribution < 1.29 is 67.3 Å². The summed E-state index contributed by atoms with van der Waals surface area (Å²) in [6.07, 6.45) is 9.29. The molecule has 0 unspecified atom stereocenters. The highest BCUT2D eigenvalue weighted by atomic mass is 79.9. The fourth-order valence-corrected chi connectivity index (χ4v) is 14.3. The second kappa shape index (κ2) is 25.6. The van der Waals surface area contributed by atoms with Crippen LogP contribution in [-0.2, 0) is 110 Å². The van der Waals surface area contributed by atoms with E-state index in [9.17, 15) is 38.9 Å². The van der Waals surface area contributed by atoms with E-state index in [0.717, 1.165) is 0 Å². The Labute approximate surface area is 527 Å². The van der Waals surface area contributed by atoms with Gasteiger partial charge in [-0.1, -0.05) is 47.8 Å². The van der Waals surface area contributed by atoms with Crippen molar-refractivity contribution in [1.29, 1.82) is 0 Å². The lowest BCUT2D eigenvalue weighted by atomic mass is 9.91. The number of ether oxygens (including phenoxy) is 6. The summed E-state index contributed by atoms with van der Waals surface area (Å²) in [6.45, 7) is -0.244. The number of aryl methyl sites for hydroxylation is 3. The predicted molar refractivity (Wildman–Crippen MR) is 325 cm³/mol. The van der Waals surface area contributed by atoms with Gasteiger partial charge in [-0.2, -0.15) is 0 Å². The zero-order chi connectivity index (χ0) is 62.3. The van der Waals surface area contributed by atoms with Gasteiger partial charge in [-0.15, -0.1) is 0 Å². The van der Waals surface area contributed by atoms with Crippen molar-refractivity contribution in [3.05, 3.63) is 208 Å². The Morgan fingerprint density at radius 1 is 0.368 bits per heavy atom. The van der Waals surface area contributed by atoms with Crippen LogP contribution < -0.4 is 28.4 Å². The van der Waals surface area contributed by atoms with Crippen molar-refractivity contribution in [2.45, 2.75) is 73.0 Å². The number of methoxy groups -OCH3 is 3. The van der Waals surface area contributed by atoms with Crippen molar-refractivity contribution in [2.24, 2.45) is 21.1 Å². The van der Waals surface area contributed by atoms with Crippen molar-refractivity contribution in [3.63, 3.8) is 0 Å². The first-order chi connectivity index (χ1) is 41.3. The second-order valence-corrected chi connectivity index (χ2v) is 27.5. The highest BCUT2D eigenvalue weighted by Gasteiger charge is 2.27. The average Bonchev–Trinajstić information content (AvgIpc) is 1.67. The first-order valence-corrected chi connectivity index (χ1v) is 33.1. The van der Waals surface area contributed by atoms with Crippen molar-refractivity contribution >= 4 is 78.1 Å². The van der Waals surface area contributed by atoms with Crippen LogP contribution in [0.25, 0.3) is 0 Å². The monoisotopic (exact) mass is 1430 g/mol. The molecule has 0 N–H and O–H groups in total. The summed E-state index contributed by atoms with van der Waals surface area (Å²) in [6, 6.07) is 18.0. The van der Waals surface area contributed by atoms with Gasteiger partial charge in [0.05, 0.1) is 36.0 Å². The molecule has 3 heterocycles. The van der Waals surface area contributed by atoms with E-state index in [0.29, 0.717) is 64.3 Å². The molecular formula is C60H54Br3N6O15S3-3. The maximum Gasteiger partial charge on any atom is 0.146 e. The fourth-order valence-electron chi connectivity index (χ4n) is 10.9. The molecule has 0 spiro atoms. The molecule has 27 heteroatoms. The standard InChI is InChI=1S/C60H57Br3N6O15S3/c1-67-10-7-64-52(67)31-82-58-34-13-40-25-49(85(70,71)72)27-42(55(40)79-4)15-36-21-47(62)23-38(59(36)83-32-53-65-8-11-68(53)2)17-44-29-51(87(76,77)78)30-45(57(44)81-6)18-39-24-48(63)22-37(60(39)84-33-54-66-9-12-69(54)3)16-43-28-50(86(73,74)75)26-41(56(43)80-5)14-35(58)20-46(61)19-34/h7-12,19-30H,13-18,31-33H2,1-6H3,(H,70,71,72)(H,73,74,75)(H,76,77,78)/p-3. The van der Waals surface area contributed by atoms with E-state index in [1.165, 1.54) is 57.7 Å². The molecule has 1 aliphatic rings. The third kappa shape index (κ3) is 14.1. The van der Waals surface area contributed by atoms with Crippen molar-refractivity contribution in [3.8, 4) is 34.5 Å². The van der Waals surface area contributed by atoms with E-state index in [2.05, 4.69) is 62.7 Å². The summed E-state index contributed by atoms with van der Waals surface area (Å²) < 4.78 is 165. The molecule has 0 atom stereocenters. The summed E-state index contributed by atoms with van der Waals surface area (Å²) in [7, 11) is -5.93. The van der Waals surface area contributed by atoms with E-state index in [-0.39, 0.29) is 126 Å². The summed E-state index contributed by atoms with van der Waals surface area (Å²) >= 11 is 11.1. The molecule has 10 rings (SSSR count). The molecule has 3 aromatic heterocycles. The Hall–Kier alpha value is -7.08. The van der Waals surface area contributed by atoms with E-state index in [1.54, 1.807) is 108 Å². The van der Waals surface area contributed by atoms with E-state index < -0.39 is 45.0 Å². The molecule has 0 radical (unpaired) electrons. The van der Waals surface area contributed by atoms with Gasteiger partial charge in [0.2, 0.25) is 0 Å². The first kappa shape index (κ1) is 63.0. The third-order valence-electron chi connectivity index (χ3n) is 14.8. The zero-order valence-corrected chi connectivity index (χ0v) is 54.6. The maximum absolute atomic E-state index is 13.3. The first-order valence-electron chi connectivity index (χ1n) is 26.5. The van der Waals surface area contributed by atoms with Gasteiger partial charge in [-0.05, 0) is 72.8 Å². The van der Waals surface area contributed by atoms with Gasteiger partial charge >= 0.3 is 0 Å². The lowest BCUT2D eigenvalue weighted by molar-refractivity contribution is 0.286. The molecule has 6 aromatic carbocycles. The van der Waals surface area contributed by atoms with E-state index in [4.69, 9.17) is 28.4 Å². The number of hydrogen-bond donors (Lipinski definition) is 0. The van der Waals surface area contributed by atoms with Crippen LogP contribution >= 0.6 is 47.8 Å². The molecule has 87 heavy (non-hydrogen) atoms. The van der Waals surface area contributed by atoms with Crippen LogP contribution in [0.4, 0.5) is 0 Å². The number of halogens is 3. The van der Waals surface area contributed by atoms with Crippen molar-refractivity contribution in [2.75, 3.05) is 21.3 Å². The van der Waals surface area contributed by atoms with E-state index >= 15 is 0 Å². The van der Waals surface area contributed by atoms with Gasteiger partial charge < -0.3 is 55.8 Å². The minimum atomic E-state index is -5.18. The number of nitrogens with zero attached hydrogens (tertiary/aromatic N) is 6. The Bertz CT molecular complexity index is 3920. The van der Waals surface area contributed by atoms with E-state index in [1.807, 2.05) is 0 Å². The summed E-state index contributed by atoms with van der Waals surface area (Å²) in [5.74, 6) is 2.97. The Kier molecular flexibility index (Phi) is 18.5. The lowest BCUT2D eigenvalue weighted by Crippen LogP contribution is -2.11. The van der Waals surface area contributed by atoms with Crippen LogP contribution in [0.5, 0.6) is 34.5 Å². The maximum atomic E-state index is 13.3. The predicted octanol–water partition coefficient (Wildman–Crippen LogP) is 9.51. The largest absolute Gasteiger partial charge is 0.744 e. The number of benzene rings is 6. The lowest BCUT2D eigenvalue weighted by Gasteiger charge is -2.24. The molecule has 0 aliphatic heterocycles. The smallest absolute Gasteiger partial charge is 0.146 e. The van der Waals surface area contributed by atoms with Gasteiger partial charge in [-0.3, -0.25) is 0 Å².